The Morgan fingerprint density at radius 3 is 2.42 bits per heavy atom. The van der Waals surface area contributed by atoms with Gasteiger partial charge in [-0.2, -0.15) is 0 Å². The normalized spacial score (nSPS) is 10.5. The van der Waals surface area contributed by atoms with E-state index in [1.807, 2.05) is 54.4 Å². The molecule has 0 bridgehead atoms. The molecule has 0 atom stereocenters. The molecule has 0 aliphatic heterocycles. The van der Waals surface area contributed by atoms with Crippen LogP contribution in [0.4, 0.5) is 17.1 Å². The molecule has 0 saturated carbocycles. The fourth-order valence-corrected chi connectivity index (χ4v) is 3.76. The van der Waals surface area contributed by atoms with Gasteiger partial charge in [-0.05, 0) is 66.2 Å². The van der Waals surface area contributed by atoms with Crippen molar-refractivity contribution in [1.29, 1.82) is 0 Å². The van der Waals surface area contributed by atoms with E-state index in [4.69, 9.17) is 12.2 Å². The summed E-state index contributed by atoms with van der Waals surface area (Å²) < 4.78 is 0. The smallest absolute Gasteiger partial charge is 0.337 e. The first kappa shape index (κ1) is 24.3. The quantitative estimate of drug-likeness (QED) is 0.231. The first-order chi connectivity index (χ1) is 16.0. The van der Waals surface area contributed by atoms with Crippen LogP contribution in [0.3, 0.4) is 0 Å². The molecule has 0 fully saturated rings. The second-order valence-electron chi connectivity index (χ2n) is 7.96. The van der Waals surface area contributed by atoms with E-state index in [-0.39, 0.29) is 5.56 Å². The van der Waals surface area contributed by atoms with Gasteiger partial charge in [-0.15, -0.1) is 0 Å². The van der Waals surface area contributed by atoms with Crippen LogP contribution in [0.5, 0.6) is 0 Å². The molecule has 0 saturated heterocycles. The highest BCUT2D eigenvalue weighted by molar-refractivity contribution is 7.80. The van der Waals surface area contributed by atoms with Crippen molar-refractivity contribution >= 4 is 40.4 Å². The van der Waals surface area contributed by atoms with Crippen LogP contribution in [0.25, 0.3) is 11.1 Å². The van der Waals surface area contributed by atoms with Crippen LogP contribution in [-0.4, -0.2) is 29.8 Å². The molecule has 0 unspecified atom stereocenters. The molecule has 3 aromatic rings. The van der Waals surface area contributed by atoms with Gasteiger partial charge in [0.25, 0.3) is 0 Å². The van der Waals surface area contributed by atoms with Crippen LogP contribution in [0.15, 0.2) is 72.8 Å². The first-order valence-electron chi connectivity index (χ1n) is 11.3. The molecule has 33 heavy (non-hydrogen) atoms. The summed E-state index contributed by atoms with van der Waals surface area (Å²) >= 11 is 5.57. The van der Waals surface area contributed by atoms with Crippen LogP contribution in [-0.2, 0) is 0 Å². The average Bonchev–Trinajstić information content (AvgIpc) is 2.84. The van der Waals surface area contributed by atoms with Crippen LogP contribution >= 0.6 is 12.2 Å². The van der Waals surface area contributed by atoms with Gasteiger partial charge in [0, 0.05) is 25.0 Å². The summed E-state index contributed by atoms with van der Waals surface area (Å²) in [6.45, 7) is 3.10. The second-order valence-corrected chi connectivity index (χ2v) is 8.34. The highest BCUT2D eigenvalue weighted by atomic mass is 32.1. The van der Waals surface area contributed by atoms with Crippen molar-refractivity contribution in [3.05, 3.63) is 78.4 Å². The van der Waals surface area contributed by atoms with E-state index in [0.29, 0.717) is 5.69 Å². The molecular formula is C27H31N3O2S. The van der Waals surface area contributed by atoms with E-state index in [0.717, 1.165) is 40.6 Å². The number of benzene rings is 3. The Balaban J connectivity index is 1.66. The summed E-state index contributed by atoms with van der Waals surface area (Å²) in [4.78, 5) is 13.4. The summed E-state index contributed by atoms with van der Waals surface area (Å²) in [5.41, 5.74) is 4.82. The molecular weight excluding hydrogens is 430 g/mol. The van der Waals surface area contributed by atoms with Crippen molar-refractivity contribution in [3.63, 3.8) is 0 Å². The molecule has 0 amide bonds. The van der Waals surface area contributed by atoms with Crippen molar-refractivity contribution in [3.8, 4) is 11.1 Å². The summed E-state index contributed by atoms with van der Waals surface area (Å²) in [5.74, 6) is -0.955. The molecule has 6 heteroatoms. The third-order valence-corrected chi connectivity index (χ3v) is 5.92. The predicted octanol–water partition coefficient (Wildman–Crippen LogP) is 6.69. The minimum absolute atomic E-state index is 0.243. The van der Waals surface area contributed by atoms with Gasteiger partial charge in [0.1, 0.15) is 0 Å². The number of hydrogen-bond donors (Lipinski definition) is 3. The van der Waals surface area contributed by atoms with E-state index in [9.17, 15) is 9.90 Å². The largest absolute Gasteiger partial charge is 0.478 e. The maximum absolute atomic E-state index is 11.4. The molecule has 172 valence electrons. The van der Waals surface area contributed by atoms with Gasteiger partial charge in [-0.3, -0.25) is 0 Å². The van der Waals surface area contributed by atoms with E-state index in [1.54, 1.807) is 18.2 Å². The maximum Gasteiger partial charge on any atom is 0.337 e. The molecule has 0 radical (unpaired) electrons. The number of rotatable bonds is 10. The van der Waals surface area contributed by atoms with Crippen LogP contribution in [0.2, 0.25) is 0 Å². The van der Waals surface area contributed by atoms with Crippen molar-refractivity contribution in [2.75, 3.05) is 23.8 Å². The molecule has 0 aliphatic rings. The number of nitrogens with zero attached hydrogens (tertiary/aromatic N) is 1. The minimum atomic E-state index is -0.955. The number of hydrogen-bond acceptors (Lipinski definition) is 3. The Morgan fingerprint density at radius 1 is 0.939 bits per heavy atom. The van der Waals surface area contributed by atoms with E-state index >= 15 is 0 Å². The van der Waals surface area contributed by atoms with Crippen LogP contribution < -0.4 is 15.5 Å². The monoisotopic (exact) mass is 461 g/mol. The van der Waals surface area contributed by atoms with Gasteiger partial charge in [0.05, 0.1) is 11.3 Å². The molecule has 0 aliphatic carbocycles. The SMILES string of the molecule is CCCCCCNC(=S)N(C)c1cccc(-c2ccc(Nc3ccccc3C(=O)O)cc2)c1. The van der Waals surface area contributed by atoms with Gasteiger partial charge in [0.2, 0.25) is 0 Å². The maximum atomic E-state index is 11.4. The number of carbonyl (C=O) groups is 1. The lowest BCUT2D eigenvalue weighted by Crippen LogP contribution is -2.37. The third kappa shape index (κ3) is 6.80. The zero-order chi connectivity index (χ0) is 23.6. The van der Waals surface area contributed by atoms with Crippen LogP contribution in [0, 0.1) is 0 Å². The highest BCUT2D eigenvalue weighted by Crippen LogP contribution is 2.27. The number of para-hydroxylation sites is 1. The molecule has 3 rings (SSSR count). The average molecular weight is 462 g/mol. The second kappa shape index (κ2) is 12.0. The summed E-state index contributed by atoms with van der Waals surface area (Å²) in [6, 6.07) is 23.1. The lowest BCUT2D eigenvalue weighted by atomic mass is 10.0. The Labute approximate surface area is 201 Å². The van der Waals surface area contributed by atoms with E-state index in [2.05, 4.69) is 29.7 Å². The fourth-order valence-electron chi connectivity index (χ4n) is 3.56. The van der Waals surface area contributed by atoms with Crippen molar-refractivity contribution in [2.24, 2.45) is 0 Å². The minimum Gasteiger partial charge on any atom is -0.478 e. The number of aromatic carboxylic acids is 1. The van der Waals surface area contributed by atoms with Crippen molar-refractivity contribution in [1.82, 2.24) is 5.32 Å². The Bertz CT molecular complexity index is 1080. The molecule has 5 nitrogen and oxygen atoms in total. The number of carboxylic acid groups (broad SMARTS) is 1. The lowest BCUT2D eigenvalue weighted by Gasteiger charge is -2.22. The number of carboxylic acids is 1. The molecule has 3 aromatic carbocycles. The topological polar surface area (TPSA) is 64.6 Å². The molecule has 0 spiro atoms. The Kier molecular flexibility index (Phi) is 8.84. The zero-order valence-corrected chi connectivity index (χ0v) is 20.0. The van der Waals surface area contributed by atoms with Gasteiger partial charge >= 0.3 is 5.97 Å². The van der Waals surface area contributed by atoms with Gasteiger partial charge in [0.15, 0.2) is 5.11 Å². The van der Waals surface area contributed by atoms with Crippen molar-refractivity contribution in [2.45, 2.75) is 32.6 Å². The summed E-state index contributed by atoms with van der Waals surface area (Å²) in [7, 11) is 1.98. The van der Waals surface area contributed by atoms with Crippen LogP contribution in [0.1, 0.15) is 43.0 Å². The summed E-state index contributed by atoms with van der Waals surface area (Å²) in [5, 5.41) is 16.6. The fraction of sp³-hybridized carbons (Fsp3) is 0.259. The van der Waals surface area contributed by atoms with E-state index < -0.39 is 5.97 Å². The van der Waals surface area contributed by atoms with Crippen molar-refractivity contribution < 1.29 is 9.90 Å². The number of unbranched alkanes of at least 4 members (excludes halogenated alkanes) is 3. The van der Waals surface area contributed by atoms with Gasteiger partial charge in [-0.1, -0.05) is 62.6 Å². The Hall–Kier alpha value is -3.38. The summed E-state index contributed by atoms with van der Waals surface area (Å²) in [6.07, 6.45) is 4.83. The molecule has 0 heterocycles. The standard InChI is InChI=1S/C27H31N3O2S/c1-3-4-5-8-18-28-27(33)30(2)23-11-9-10-21(19-23)20-14-16-22(17-15-20)29-25-13-7-6-12-24(25)26(31)32/h6-7,9-17,19,29H,3-5,8,18H2,1-2H3,(H,28,33)(H,31,32). The molecule has 3 N–H and O–H groups in total. The van der Waals surface area contributed by atoms with Gasteiger partial charge < -0.3 is 20.6 Å². The Morgan fingerprint density at radius 2 is 1.70 bits per heavy atom. The number of anilines is 3. The van der Waals surface area contributed by atoms with Gasteiger partial charge in [-0.25, -0.2) is 4.79 Å². The van der Waals surface area contributed by atoms with E-state index in [1.165, 1.54) is 19.3 Å². The first-order valence-corrected chi connectivity index (χ1v) is 11.7. The highest BCUT2D eigenvalue weighted by Gasteiger charge is 2.10. The number of nitrogens with one attached hydrogen (secondary N) is 2. The zero-order valence-electron chi connectivity index (χ0n) is 19.2. The number of thiocarbonyl (C=S) groups is 1. The predicted molar refractivity (Wildman–Crippen MR) is 142 cm³/mol. The molecule has 0 aromatic heterocycles. The lowest BCUT2D eigenvalue weighted by molar-refractivity contribution is 0.0698. The third-order valence-electron chi connectivity index (χ3n) is 5.50.